The van der Waals surface area contributed by atoms with Crippen LogP contribution >= 0.6 is 24.8 Å². The maximum atomic E-state index is 9.15. The molecule has 1 fully saturated rings. The van der Waals surface area contributed by atoms with Crippen LogP contribution in [0.4, 0.5) is 0 Å². The molecule has 2 N–H and O–H groups in total. The Morgan fingerprint density at radius 1 is 1.19 bits per heavy atom. The monoisotopic (exact) mass is 326 g/mol. The number of benzene rings is 1. The average Bonchev–Trinajstić information content (AvgIpc) is 2.94. The first-order chi connectivity index (χ1) is 9.40. The number of fused-ring (bicyclic) bond motifs is 1. The predicted octanol–water partition coefficient (Wildman–Crippen LogP) is 2.87. The molecule has 1 saturated heterocycles. The van der Waals surface area contributed by atoms with Gasteiger partial charge in [0, 0.05) is 49.3 Å². The molecule has 1 aliphatic rings. The second-order valence-corrected chi connectivity index (χ2v) is 4.95. The van der Waals surface area contributed by atoms with Gasteiger partial charge < -0.3 is 10.3 Å². The topological polar surface area (TPSA) is 54.9 Å². The van der Waals surface area contributed by atoms with Crippen LogP contribution in [0.1, 0.15) is 18.0 Å². The van der Waals surface area contributed by atoms with Gasteiger partial charge in [-0.1, -0.05) is 12.1 Å². The highest BCUT2D eigenvalue weighted by Crippen LogP contribution is 2.30. The van der Waals surface area contributed by atoms with Gasteiger partial charge in [-0.2, -0.15) is 5.26 Å². The summed E-state index contributed by atoms with van der Waals surface area (Å²) in [6, 6.07) is 11.0. The minimum atomic E-state index is 0. The Bertz CT molecular complexity index is 599. The molecular weight excluding hydrogens is 307 g/mol. The van der Waals surface area contributed by atoms with E-state index in [-0.39, 0.29) is 30.9 Å². The van der Waals surface area contributed by atoms with Gasteiger partial charge in [0.1, 0.15) is 0 Å². The minimum Gasteiger partial charge on any atom is -0.361 e. The first-order valence-electron chi connectivity index (χ1n) is 6.78. The highest BCUT2D eigenvalue weighted by Gasteiger charge is 2.23. The van der Waals surface area contributed by atoms with Crippen molar-refractivity contribution in [3.05, 3.63) is 36.0 Å². The summed E-state index contributed by atoms with van der Waals surface area (Å²) in [7, 11) is 0. The first kappa shape index (κ1) is 17.8. The normalized spacial score (nSPS) is 16.5. The van der Waals surface area contributed by atoms with E-state index in [9.17, 15) is 0 Å². The molecule has 114 valence electrons. The van der Waals surface area contributed by atoms with Crippen molar-refractivity contribution < 1.29 is 0 Å². The minimum absolute atomic E-state index is 0. The Morgan fingerprint density at radius 3 is 2.67 bits per heavy atom. The molecule has 0 saturated carbocycles. The van der Waals surface area contributed by atoms with Gasteiger partial charge >= 0.3 is 0 Å². The standard InChI is InChI=1S/C15H18N4.2ClH/c16-6-4-15(19-10-8-17-9-11-19)13-2-1-3-14-12(13)5-7-18-14;;/h1-3,5,7,15,17-18H,4,8-11H2;2*1H/t15-;;/m1../s1. The second kappa shape index (κ2) is 8.26. The van der Waals surface area contributed by atoms with Crippen molar-refractivity contribution in [1.82, 2.24) is 15.2 Å². The molecule has 3 rings (SSSR count). The zero-order chi connectivity index (χ0) is 13.1. The van der Waals surface area contributed by atoms with Gasteiger partial charge in [-0.3, -0.25) is 4.90 Å². The van der Waals surface area contributed by atoms with Gasteiger partial charge in [0.25, 0.3) is 0 Å². The number of hydrogen-bond donors (Lipinski definition) is 2. The number of H-pyrrole nitrogens is 1. The number of aromatic nitrogens is 1. The number of nitriles is 1. The summed E-state index contributed by atoms with van der Waals surface area (Å²) in [5.41, 5.74) is 2.41. The molecular formula is C15H20Cl2N4. The number of nitrogens with zero attached hydrogens (tertiary/aromatic N) is 2. The highest BCUT2D eigenvalue weighted by atomic mass is 35.5. The van der Waals surface area contributed by atoms with Crippen LogP contribution in [0.2, 0.25) is 0 Å². The Morgan fingerprint density at radius 2 is 1.95 bits per heavy atom. The lowest BCUT2D eigenvalue weighted by Gasteiger charge is -2.34. The zero-order valence-electron chi connectivity index (χ0n) is 11.7. The van der Waals surface area contributed by atoms with Crippen LogP contribution in [0.5, 0.6) is 0 Å². The maximum Gasteiger partial charge on any atom is 0.0641 e. The largest absolute Gasteiger partial charge is 0.361 e. The number of rotatable bonds is 3. The van der Waals surface area contributed by atoms with Crippen molar-refractivity contribution in [2.24, 2.45) is 0 Å². The van der Waals surface area contributed by atoms with Gasteiger partial charge in [-0.25, -0.2) is 0 Å². The van der Waals surface area contributed by atoms with Gasteiger partial charge in [0.15, 0.2) is 0 Å². The molecule has 0 unspecified atom stereocenters. The van der Waals surface area contributed by atoms with E-state index in [1.54, 1.807) is 0 Å². The van der Waals surface area contributed by atoms with Crippen LogP contribution in [0.3, 0.4) is 0 Å². The van der Waals surface area contributed by atoms with Crippen LogP contribution in [0.15, 0.2) is 30.5 Å². The summed E-state index contributed by atoms with van der Waals surface area (Å²) in [6.45, 7) is 4.02. The molecule has 2 aromatic rings. The zero-order valence-corrected chi connectivity index (χ0v) is 13.3. The van der Waals surface area contributed by atoms with E-state index in [2.05, 4.69) is 45.5 Å². The van der Waals surface area contributed by atoms with E-state index < -0.39 is 0 Å². The van der Waals surface area contributed by atoms with E-state index in [0.717, 1.165) is 31.7 Å². The van der Waals surface area contributed by atoms with Gasteiger partial charge in [-0.05, 0) is 17.7 Å². The molecule has 1 aliphatic heterocycles. The molecule has 0 aliphatic carbocycles. The summed E-state index contributed by atoms with van der Waals surface area (Å²) in [6.07, 6.45) is 2.51. The predicted molar refractivity (Wildman–Crippen MR) is 90.2 cm³/mol. The van der Waals surface area contributed by atoms with E-state index in [1.165, 1.54) is 10.9 Å². The van der Waals surface area contributed by atoms with E-state index >= 15 is 0 Å². The van der Waals surface area contributed by atoms with Gasteiger partial charge in [0.05, 0.1) is 12.5 Å². The molecule has 0 radical (unpaired) electrons. The Kier molecular flexibility index (Phi) is 7.00. The van der Waals surface area contributed by atoms with Gasteiger partial charge in [-0.15, -0.1) is 24.8 Å². The van der Waals surface area contributed by atoms with Crippen LogP contribution < -0.4 is 5.32 Å². The Hall–Kier alpha value is -1.25. The molecule has 1 aromatic heterocycles. The summed E-state index contributed by atoms with van der Waals surface area (Å²) < 4.78 is 0. The number of hydrogen-bond acceptors (Lipinski definition) is 3. The van der Waals surface area contributed by atoms with Crippen molar-refractivity contribution in [1.29, 1.82) is 5.26 Å². The van der Waals surface area contributed by atoms with Crippen molar-refractivity contribution in [3.63, 3.8) is 0 Å². The molecule has 6 heteroatoms. The van der Waals surface area contributed by atoms with E-state index in [1.807, 2.05) is 6.20 Å². The third kappa shape index (κ3) is 3.69. The quantitative estimate of drug-likeness (QED) is 0.911. The van der Waals surface area contributed by atoms with Crippen molar-refractivity contribution in [3.8, 4) is 6.07 Å². The molecule has 0 bridgehead atoms. The Labute approximate surface area is 137 Å². The maximum absolute atomic E-state index is 9.15. The molecule has 1 atom stereocenters. The lowest BCUT2D eigenvalue weighted by molar-refractivity contribution is 0.176. The molecule has 0 amide bonds. The smallest absolute Gasteiger partial charge is 0.0641 e. The number of halogens is 2. The lowest BCUT2D eigenvalue weighted by Crippen LogP contribution is -2.45. The van der Waals surface area contributed by atoms with Crippen LogP contribution in [-0.2, 0) is 0 Å². The summed E-state index contributed by atoms with van der Waals surface area (Å²) in [4.78, 5) is 5.66. The van der Waals surface area contributed by atoms with Crippen LogP contribution in [-0.4, -0.2) is 36.1 Å². The molecule has 2 heterocycles. The molecule has 0 spiro atoms. The number of aromatic amines is 1. The van der Waals surface area contributed by atoms with Crippen LogP contribution in [0, 0.1) is 11.3 Å². The SMILES string of the molecule is Cl.Cl.N#CC[C@H](c1cccc2[nH]ccc12)N1CCNCC1. The number of piperazine rings is 1. The highest BCUT2D eigenvalue weighted by molar-refractivity contribution is 5.85. The third-order valence-corrected chi connectivity index (χ3v) is 3.86. The van der Waals surface area contributed by atoms with Crippen molar-refractivity contribution in [2.75, 3.05) is 26.2 Å². The molecule has 1 aromatic carbocycles. The lowest BCUT2D eigenvalue weighted by atomic mass is 9.98. The molecule has 21 heavy (non-hydrogen) atoms. The second-order valence-electron chi connectivity index (χ2n) is 4.95. The van der Waals surface area contributed by atoms with Crippen molar-refractivity contribution >= 4 is 35.7 Å². The first-order valence-corrected chi connectivity index (χ1v) is 6.78. The van der Waals surface area contributed by atoms with Crippen LogP contribution in [0.25, 0.3) is 10.9 Å². The van der Waals surface area contributed by atoms with E-state index in [0.29, 0.717) is 6.42 Å². The summed E-state index contributed by atoms with van der Waals surface area (Å²) in [5.74, 6) is 0. The third-order valence-electron chi connectivity index (χ3n) is 3.86. The molecule has 4 nitrogen and oxygen atoms in total. The Balaban J connectivity index is 0.00000110. The number of nitrogens with one attached hydrogen (secondary N) is 2. The summed E-state index contributed by atoms with van der Waals surface area (Å²) >= 11 is 0. The fraction of sp³-hybridized carbons (Fsp3) is 0.400. The van der Waals surface area contributed by atoms with Crippen molar-refractivity contribution in [2.45, 2.75) is 12.5 Å². The van der Waals surface area contributed by atoms with Gasteiger partial charge in [0.2, 0.25) is 0 Å². The van der Waals surface area contributed by atoms with E-state index in [4.69, 9.17) is 5.26 Å². The average molecular weight is 327 g/mol. The fourth-order valence-corrected chi connectivity index (χ4v) is 2.92. The summed E-state index contributed by atoms with van der Waals surface area (Å²) in [5, 5.41) is 13.8. The fourth-order valence-electron chi connectivity index (χ4n) is 2.92.